The summed E-state index contributed by atoms with van der Waals surface area (Å²) >= 11 is 0. The third-order valence-electron chi connectivity index (χ3n) is 13.6. The SMILES string of the molecule is CC/C=C\C/C=C\C/C=C\C/C=C\C/C=C\CCCC(=O)OC(COC(=O)CCCCCCCCCCCCCCCCCCCCC)COC1OC(C(=O)O)C(O)C(O)C1OC(=O)C/C=C\C/C=C\C/C=C\C/C=C\C/C=C\CC. The zero-order valence-corrected chi connectivity index (χ0v) is 50.5. The van der Waals surface area contributed by atoms with Crippen LogP contribution in [-0.4, -0.2) is 89.2 Å². The molecule has 0 saturated carbocycles. The summed E-state index contributed by atoms with van der Waals surface area (Å²) in [4.78, 5) is 51.2. The number of allylic oxidation sites excluding steroid dienone is 19. The molecule has 1 aliphatic heterocycles. The Morgan fingerprint density at radius 2 is 0.815 bits per heavy atom. The maximum Gasteiger partial charge on any atom is 0.335 e. The van der Waals surface area contributed by atoms with Crippen molar-refractivity contribution in [3.8, 4) is 0 Å². The van der Waals surface area contributed by atoms with Crippen LogP contribution in [0.25, 0.3) is 0 Å². The first-order valence-corrected chi connectivity index (χ1v) is 31.5. The molecule has 1 aliphatic rings. The van der Waals surface area contributed by atoms with Crippen molar-refractivity contribution in [2.45, 2.75) is 276 Å². The van der Waals surface area contributed by atoms with Crippen molar-refractivity contribution < 1.29 is 58.2 Å². The Morgan fingerprint density at radius 1 is 0.432 bits per heavy atom. The lowest BCUT2D eigenvalue weighted by molar-refractivity contribution is -0.301. The van der Waals surface area contributed by atoms with E-state index in [1.165, 1.54) is 96.3 Å². The Bertz CT molecular complexity index is 1870. The van der Waals surface area contributed by atoms with Crippen molar-refractivity contribution in [3.63, 3.8) is 0 Å². The second-order valence-corrected chi connectivity index (χ2v) is 21.0. The van der Waals surface area contributed by atoms with Gasteiger partial charge in [-0.1, -0.05) is 258 Å². The van der Waals surface area contributed by atoms with Crippen LogP contribution in [0.5, 0.6) is 0 Å². The quantitative estimate of drug-likeness (QED) is 0.0228. The van der Waals surface area contributed by atoms with Gasteiger partial charge in [0.2, 0.25) is 0 Å². The molecule has 1 rings (SSSR count). The fourth-order valence-electron chi connectivity index (χ4n) is 8.83. The van der Waals surface area contributed by atoms with Gasteiger partial charge in [-0.05, 0) is 83.5 Å². The van der Waals surface area contributed by atoms with Crippen LogP contribution in [0.2, 0.25) is 0 Å². The molecule has 12 heteroatoms. The van der Waals surface area contributed by atoms with E-state index in [1.54, 1.807) is 12.2 Å². The highest BCUT2D eigenvalue weighted by Crippen LogP contribution is 2.26. The number of carboxylic acids is 1. The molecule has 0 spiro atoms. The van der Waals surface area contributed by atoms with E-state index in [2.05, 4.69) is 106 Å². The van der Waals surface area contributed by atoms with Crippen molar-refractivity contribution in [3.05, 3.63) is 122 Å². The van der Waals surface area contributed by atoms with Gasteiger partial charge in [0.05, 0.1) is 13.0 Å². The van der Waals surface area contributed by atoms with Crippen molar-refractivity contribution >= 4 is 23.9 Å². The predicted molar refractivity (Wildman–Crippen MR) is 330 cm³/mol. The highest BCUT2D eigenvalue weighted by molar-refractivity contribution is 5.74. The van der Waals surface area contributed by atoms with Crippen LogP contribution in [0.3, 0.4) is 0 Å². The van der Waals surface area contributed by atoms with Crippen LogP contribution in [-0.2, 0) is 42.9 Å². The molecular formula is C69H110O12. The van der Waals surface area contributed by atoms with E-state index >= 15 is 0 Å². The van der Waals surface area contributed by atoms with Gasteiger partial charge in [-0.15, -0.1) is 0 Å². The van der Waals surface area contributed by atoms with Gasteiger partial charge in [0.1, 0.15) is 18.8 Å². The van der Waals surface area contributed by atoms with E-state index in [0.717, 1.165) is 77.0 Å². The number of aliphatic carboxylic acids is 1. The molecule has 1 heterocycles. The standard InChI is InChI=1S/C69H110O12/c1-4-7-10-13-16-19-22-25-28-30-31-33-35-37-40-43-46-49-52-55-61(70)77-58-60(79-62(71)56-53-50-47-44-41-39-36-32-29-26-23-20-17-14-11-8-5-2)59-78-69-67(65(74)64(73)66(81-69)68(75)76)80-63(72)57-54-51-48-45-42-38-34-27-24-21-18-15-12-9-6-3/h8-9,11-12,17-18,20-21,26-27,29,34,36,39,42,44-45,47,51,54,60,64-67,69,73-74H,4-7,10,13-16,19,22-25,28,30-33,35,37-38,40-41,43,46,48-50,52-53,55-59H2,1-3H3,(H,75,76)/b11-8-,12-9-,20-17-,21-18-,29-26-,34-27-,39-36-,45-42-,47-44-,54-51-. The first-order valence-electron chi connectivity index (χ1n) is 31.5. The molecular weight excluding hydrogens is 1020 g/mol. The summed E-state index contributed by atoms with van der Waals surface area (Å²) in [5.41, 5.74) is 0. The number of carbonyl (C=O) groups excluding carboxylic acids is 3. The van der Waals surface area contributed by atoms with E-state index < -0.39 is 67.3 Å². The van der Waals surface area contributed by atoms with Crippen LogP contribution in [0.1, 0.15) is 239 Å². The van der Waals surface area contributed by atoms with Crippen molar-refractivity contribution in [2.75, 3.05) is 13.2 Å². The Morgan fingerprint density at radius 3 is 1.23 bits per heavy atom. The van der Waals surface area contributed by atoms with E-state index in [-0.39, 0.29) is 25.9 Å². The first kappa shape index (κ1) is 74.1. The highest BCUT2D eigenvalue weighted by Gasteiger charge is 2.50. The second kappa shape index (κ2) is 55.6. The number of carbonyl (C=O) groups is 4. The van der Waals surface area contributed by atoms with Gasteiger partial charge >= 0.3 is 23.9 Å². The second-order valence-electron chi connectivity index (χ2n) is 21.0. The number of hydrogen-bond acceptors (Lipinski definition) is 11. The molecule has 0 aromatic heterocycles. The van der Waals surface area contributed by atoms with E-state index in [4.69, 9.17) is 23.7 Å². The van der Waals surface area contributed by atoms with Crippen molar-refractivity contribution in [1.82, 2.24) is 0 Å². The van der Waals surface area contributed by atoms with Crippen molar-refractivity contribution in [2.24, 2.45) is 0 Å². The molecule has 458 valence electrons. The number of carboxylic acid groups (broad SMARTS) is 1. The summed E-state index contributed by atoms with van der Waals surface area (Å²) in [6, 6.07) is 0. The number of aliphatic hydroxyl groups excluding tert-OH is 2. The number of rotatable bonds is 52. The molecule has 0 aliphatic carbocycles. The number of hydrogen-bond donors (Lipinski definition) is 3. The molecule has 81 heavy (non-hydrogen) atoms. The maximum atomic E-state index is 13.2. The Hall–Kier alpha value is -4.88. The fraction of sp³-hybridized carbons (Fsp3) is 0.652. The Balaban J connectivity index is 2.74. The molecule has 0 amide bonds. The van der Waals surface area contributed by atoms with Gasteiger partial charge < -0.3 is 39.0 Å². The van der Waals surface area contributed by atoms with E-state index in [9.17, 15) is 34.5 Å². The van der Waals surface area contributed by atoms with Gasteiger partial charge in [-0.2, -0.15) is 0 Å². The molecule has 0 bridgehead atoms. The molecule has 0 aromatic rings. The Kier molecular flexibility index (Phi) is 50.9. The van der Waals surface area contributed by atoms with Crippen molar-refractivity contribution in [1.29, 1.82) is 0 Å². The zero-order valence-electron chi connectivity index (χ0n) is 50.5. The maximum absolute atomic E-state index is 13.2. The van der Waals surface area contributed by atoms with Gasteiger partial charge in [-0.3, -0.25) is 14.4 Å². The molecule has 3 N–H and O–H groups in total. The van der Waals surface area contributed by atoms with Gasteiger partial charge in [0.15, 0.2) is 24.6 Å². The van der Waals surface area contributed by atoms with E-state index in [0.29, 0.717) is 25.7 Å². The zero-order chi connectivity index (χ0) is 58.9. The third-order valence-corrected chi connectivity index (χ3v) is 13.6. The average Bonchev–Trinajstić information content (AvgIpc) is 3.52. The summed E-state index contributed by atoms with van der Waals surface area (Å²) in [6.45, 7) is 5.69. The summed E-state index contributed by atoms with van der Waals surface area (Å²) < 4.78 is 28.3. The van der Waals surface area contributed by atoms with E-state index in [1.807, 2.05) is 24.3 Å². The lowest BCUT2D eigenvalue weighted by Crippen LogP contribution is -2.61. The monoisotopic (exact) mass is 1130 g/mol. The van der Waals surface area contributed by atoms with Crippen LogP contribution in [0.4, 0.5) is 0 Å². The summed E-state index contributed by atoms with van der Waals surface area (Å²) in [6.07, 6.45) is 64.9. The molecule has 0 radical (unpaired) electrons. The number of esters is 3. The molecule has 6 unspecified atom stereocenters. The van der Waals surface area contributed by atoms with Crippen LogP contribution in [0, 0.1) is 0 Å². The summed E-state index contributed by atoms with van der Waals surface area (Å²) in [7, 11) is 0. The van der Waals surface area contributed by atoms with Crippen LogP contribution < -0.4 is 0 Å². The van der Waals surface area contributed by atoms with Gasteiger partial charge in [0, 0.05) is 12.8 Å². The molecule has 12 nitrogen and oxygen atoms in total. The van der Waals surface area contributed by atoms with Crippen LogP contribution >= 0.6 is 0 Å². The Labute approximate surface area is 490 Å². The van der Waals surface area contributed by atoms with Gasteiger partial charge in [-0.25, -0.2) is 4.79 Å². The first-order chi connectivity index (χ1) is 39.6. The molecule has 1 fully saturated rings. The number of aliphatic hydroxyl groups is 2. The van der Waals surface area contributed by atoms with Gasteiger partial charge in [0.25, 0.3) is 0 Å². The lowest BCUT2D eigenvalue weighted by Gasteiger charge is -2.40. The lowest BCUT2D eigenvalue weighted by atomic mass is 9.98. The summed E-state index contributed by atoms with van der Waals surface area (Å²) in [5, 5.41) is 31.5. The predicted octanol–water partition coefficient (Wildman–Crippen LogP) is 16.8. The largest absolute Gasteiger partial charge is 0.479 e. The highest BCUT2D eigenvalue weighted by atomic mass is 16.7. The number of unbranched alkanes of at least 4 members (excludes halogenated alkanes) is 19. The molecule has 6 atom stereocenters. The minimum atomic E-state index is -1.95. The average molecular weight is 1130 g/mol. The summed E-state index contributed by atoms with van der Waals surface area (Å²) in [5.74, 6) is -3.37. The third kappa shape index (κ3) is 45.3. The minimum Gasteiger partial charge on any atom is -0.479 e. The fourth-order valence-corrected chi connectivity index (χ4v) is 8.83. The number of ether oxygens (including phenoxy) is 5. The molecule has 1 saturated heterocycles. The topological polar surface area (TPSA) is 175 Å². The smallest absolute Gasteiger partial charge is 0.335 e. The normalized spacial score (nSPS) is 18.6. The molecule has 0 aromatic carbocycles. The van der Waals surface area contributed by atoms with Crippen LogP contribution in [0.15, 0.2) is 122 Å². The minimum absolute atomic E-state index is 0.0695.